The molecular formula is C9H19IN6. The summed E-state index contributed by atoms with van der Waals surface area (Å²) >= 11 is 0. The quantitative estimate of drug-likeness (QED) is 0.468. The molecule has 1 atom stereocenters. The van der Waals surface area contributed by atoms with Crippen LogP contribution < -0.4 is 11.1 Å². The number of aromatic nitrogens is 3. The maximum Gasteiger partial charge on any atom is 0.188 e. The Balaban J connectivity index is 0.00000225. The number of guanidine groups is 1. The first-order valence-corrected chi connectivity index (χ1v) is 5.11. The molecule has 0 aromatic carbocycles. The van der Waals surface area contributed by atoms with E-state index in [1.165, 1.54) is 6.33 Å². The van der Waals surface area contributed by atoms with Gasteiger partial charge in [-0.15, -0.1) is 24.0 Å². The van der Waals surface area contributed by atoms with E-state index in [2.05, 4.69) is 34.2 Å². The number of rotatable bonds is 5. The van der Waals surface area contributed by atoms with Crippen LogP contribution in [0.4, 0.5) is 0 Å². The van der Waals surface area contributed by atoms with Gasteiger partial charge in [-0.2, -0.15) is 5.10 Å². The minimum atomic E-state index is 0. The molecule has 0 fully saturated rings. The van der Waals surface area contributed by atoms with E-state index in [-0.39, 0.29) is 24.0 Å². The second-order valence-electron chi connectivity index (χ2n) is 3.38. The summed E-state index contributed by atoms with van der Waals surface area (Å²) in [4.78, 5) is 8.02. The molecule has 0 radical (unpaired) electrons. The van der Waals surface area contributed by atoms with Gasteiger partial charge in [-0.25, -0.2) is 4.98 Å². The molecule has 1 rings (SSSR count). The molecule has 0 aliphatic rings. The Labute approximate surface area is 113 Å². The lowest BCUT2D eigenvalue weighted by atomic mass is 10.3. The van der Waals surface area contributed by atoms with Crippen LogP contribution in [0.2, 0.25) is 0 Å². The number of hydrogen-bond donors (Lipinski definition) is 2. The lowest BCUT2D eigenvalue weighted by Gasteiger charge is -2.11. The summed E-state index contributed by atoms with van der Waals surface area (Å²) in [7, 11) is 0. The van der Waals surface area contributed by atoms with Crippen molar-refractivity contribution in [2.75, 3.05) is 6.54 Å². The van der Waals surface area contributed by atoms with Gasteiger partial charge < -0.3 is 11.1 Å². The van der Waals surface area contributed by atoms with Gasteiger partial charge in [-0.3, -0.25) is 9.67 Å². The molecule has 0 saturated heterocycles. The molecule has 0 amide bonds. The molecule has 1 heterocycles. The van der Waals surface area contributed by atoms with Crippen molar-refractivity contribution in [1.29, 1.82) is 0 Å². The zero-order chi connectivity index (χ0) is 11.1. The summed E-state index contributed by atoms with van der Waals surface area (Å²) in [5, 5.41) is 7.06. The SMILES string of the molecule is CCC(C)NC(N)=NCCn1cncn1.I. The molecule has 0 aliphatic carbocycles. The molecule has 16 heavy (non-hydrogen) atoms. The fraction of sp³-hybridized carbons (Fsp3) is 0.667. The molecule has 1 aromatic rings. The summed E-state index contributed by atoms with van der Waals surface area (Å²) in [5.41, 5.74) is 5.68. The monoisotopic (exact) mass is 338 g/mol. The van der Waals surface area contributed by atoms with Crippen molar-refractivity contribution in [3.05, 3.63) is 12.7 Å². The van der Waals surface area contributed by atoms with Gasteiger partial charge in [-0.1, -0.05) is 6.92 Å². The van der Waals surface area contributed by atoms with Crippen molar-refractivity contribution < 1.29 is 0 Å². The number of nitrogens with zero attached hydrogens (tertiary/aromatic N) is 4. The summed E-state index contributed by atoms with van der Waals surface area (Å²) in [6, 6.07) is 0.361. The number of aliphatic imine (C=N–C) groups is 1. The molecule has 0 spiro atoms. The van der Waals surface area contributed by atoms with Crippen molar-refractivity contribution in [1.82, 2.24) is 20.1 Å². The third-order valence-electron chi connectivity index (χ3n) is 2.08. The average molecular weight is 338 g/mol. The highest BCUT2D eigenvalue weighted by Gasteiger charge is 1.98. The first-order chi connectivity index (χ1) is 7.22. The van der Waals surface area contributed by atoms with Gasteiger partial charge in [0.2, 0.25) is 0 Å². The Kier molecular flexibility index (Phi) is 7.86. The van der Waals surface area contributed by atoms with Crippen LogP contribution in [-0.4, -0.2) is 33.3 Å². The van der Waals surface area contributed by atoms with E-state index in [4.69, 9.17) is 5.73 Å². The van der Waals surface area contributed by atoms with Crippen LogP contribution >= 0.6 is 24.0 Å². The Morgan fingerprint density at radius 3 is 2.94 bits per heavy atom. The molecule has 1 aromatic heterocycles. The fourth-order valence-corrected chi connectivity index (χ4v) is 1.02. The lowest BCUT2D eigenvalue weighted by molar-refractivity contribution is 0.612. The largest absolute Gasteiger partial charge is 0.370 e. The van der Waals surface area contributed by atoms with Crippen LogP contribution in [0.15, 0.2) is 17.6 Å². The second-order valence-corrected chi connectivity index (χ2v) is 3.38. The van der Waals surface area contributed by atoms with Gasteiger partial charge in [0.15, 0.2) is 5.96 Å². The van der Waals surface area contributed by atoms with Crippen LogP contribution in [0.25, 0.3) is 0 Å². The Hall–Kier alpha value is -0.860. The van der Waals surface area contributed by atoms with E-state index in [0.717, 1.165) is 6.42 Å². The first-order valence-electron chi connectivity index (χ1n) is 5.11. The summed E-state index contributed by atoms with van der Waals surface area (Å²) in [5.74, 6) is 0.490. The van der Waals surface area contributed by atoms with Crippen LogP contribution in [0.1, 0.15) is 20.3 Å². The highest BCUT2D eigenvalue weighted by atomic mass is 127. The number of nitrogens with two attached hydrogens (primary N) is 1. The molecule has 0 bridgehead atoms. The van der Waals surface area contributed by atoms with E-state index in [9.17, 15) is 0 Å². The fourth-order valence-electron chi connectivity index (χ4n) is 1.02. The number of halogens is 1. The van der Waals surface area contributed by atoms with Gasteiger partial charge in [0, 0.05) is 6.04 Å². The van der Waals surface area contributed by atoms with Crippen molar-refractivity contribution in [3.63, 3.8) is 0 Å². The van der Waals surface area contributed by atoms with Crippen molar-refractivity contribution in [2.24, 2.45) is 10.7 Å². The Morgan fingerprint density at radius 1 is 1.62 bits per heavy atom. The van der Waals surface area contributed by atoms with Crippen molar-refractivity contribution in [3.8, 4) is 0 Å². The van der Waals surface area contributed by atoms with Gasteiger partial charge in [0.25, 0.3) is 0 Å². The molecule has 92 valence electrons. The smallest absolute Gasteiger partial charge is 0.188 e. The third kappa shape index (κ3) is 5.89. The van der Waals surface area contributed by atoms with Gasteiger partial charge in [-0.05, 0) is 13.3 Å². The lowest BCUT2D eigenvalue weighted by Crippen LogP contribution is -2.38. The molecule has 6 nitrogen and oxygen atoms in total. The third-order valence-corrected chi connectivity index (χ3v) is 2.08. The second kappa shape index (κ2) is 8.31. The zero-order valence-electron chi connectivity index (χ0n) is 9.63. The van der Waals surface area contributed by atoms with E-state index >= 15 is 0 Å². The van der Waals surface area contributed by atoms with Crippen molar-refractivity contribution >= 4 is 29.9 Å². The molecular weight excluding hydrogens is 319 g/mol. The minimum absolute atomic E-state index is 0. The Bertz CT molecular complexity index is 297. The van der Waals surface area contributed by atoms with Crippen LogP contribution in [0.5, 0.6) is 0 Å². The highest BCUT2D eigenvalue weighted by Crippen LogP contribution is 1.87. The van der Waals surface area contributed by atoms with E-state index in [1.54, 1.807) is 11.0 Å². The summed E-state index contributed by atoms with van der Waals surface area (Å²) in [6.07, 6.45) is 4.19. The predicted octanol–water partition coefficient (Wildman–Crippen LogP) is 0.599. The normalized spacial score (nSPS) is 13.0. The van der Waals surface area contributed by atoms with Gasteiger partial charge >= 0.3 is 0 Å². The minimum Gasteiger partial charge on any atom is -0.370 e. The number of hydrogen-bond acceptors (Lipinski definition) is 3. The summed E-state index contributed by atoms with van der Waals surface area (Å²) in [6.45, 7) is 5.47. The Morgan fingerprint density at radius 2 is 2.38 bits per heavy atom. The van der Waals surface area contributed by atoms with E-state index < -0.39 is 0 Å². The number of nitrogens with one attached hydrogen (secondary N) is 1. The molecule has 0 aliphatic heterocycles. The topological polar surface area (TPSA) is 81.1 Å². The zero-order valence-corrected chi connectivity index (χ0v) is 12.0. The standard InChI is InChI=1S/C9H18N6.HI/c1-3-8(2)14-9(10)12-4-5-15-7-11-6-13-15;/h6-8H,3-5H2,1-2H3,(H3,10,12,14);1H. The molecule has 3 N–H and O–H groups in total. The highest BCUT2D eigenvalue weighted by molar-refractivity contribution is 14.0. The maximum absolute atomic E-state index is 5.68. The maximum atomic E-state index is 5.68. The van der Waals surface area contributed by atoms with Gasteiger partial charge in [0.1, 0.15) is 12.7 Å². The molecule has 1 unspecified atom stereocenters. The predicted molar refractivity (Wildman–Crippen MR) is 74.8 cm³/mol. The summed E-state index contributed by atoms with van der Waals surface area (Å²) < 4.78 is 1.72. The van der Waals surface area contributed by atoms with Crippen LogP contribution in [0.3, 0.4) is 0 Å². The van der Waals surface area contributed by atoms with Crippen LogP contribution in [0, 0.1) is 0 Å². The average Bonchev–Trinajstić information content (AvgIpc) is 2.70. The van der Waals surface area contributed by atoms with E-state index in [0.29, 0.717) is 25.1 Å². The molecule has 0 saturated carbocycles. The van der Waals surface area contributed by atoms with Crippen LogP contribution in [-0.2, 0) is 6.54 Å². The first kappa shape index (κ1) is 15.1. The van der Waals surface area contributed by atoms with Crippen molar-refractivity contribution in [2.45, 2.75) is 32.9 Å². The van der Waals surface area contributed by atoms with Gasteiger partial charge in [0.05, 0.1) is 13.1 Å². The van der Waals surface area contributed by atoms with E-state index in [1.807, 2.05) is 0 Å². The molecule has 7 heteroatoms.